The number of nitrogens with zero attached hydrogens (tertiary/aromatic N) is 2. The highest BCUT2D eigenvalue weighted by molar-refractivity contribution is 6.22. The molecular weight excluding hydrogens is 426 g/mol. The molecule has 9 heteroatoms. The molecule has 9 nitrogen and oxygen atoms in total. The number of ether oxygens (including phenoxy) is 2. The van der Waals surface area contributed by atoms with Gasteiger partial charge in [0.25, 0.3) is 17.7 Å². The van der Waals surface area contributed by atoms with Gasteiger partial charge >= 0.3 is 5.97 Å². The smallest absolute Gasteiger partial charge is 0.331 e. The minimum Gasteiger partial charge on any atom is -0.493 e. The van der Waals surface area contributed by atoms with Crippen molar-refractivity contribution in [2.45, 2.75) is 0 Å². The van der Waals surface area contributed by atoms with Crippen LogP contribution in [0.1, 0.15) is 26.3 Å². The number of hydrogen-bond acceptors (Lipinski definition) is 7. The van der Waals surface area contributed by atoms with E-state index in [4.69, 9.17) is 9.47 Å². The van der Waals surface area contributed by atoms with Crippen molar-refractivity contribution in [3.05, 3.63) is 77.4 Å². The average Bonchev–Trinajstić information content (AvgIpc) is 3.06. The minimum absolute atomic E-state index is 0.0471. The molecular formula is C24H19N3O6. The third-order valence-corrected chi connectivity index (χ3v) is 4.66. The van der Waals surface area contributed by atoms with Crippen LogP contribution < -0.4 is 14.8 Å². The molecule has 0 bridgehead atoms. The number of hydrogen-bond donors (Lipinski definition) is 1. The number of amides is 3. The van der Waals surface area contributed by atoms with E-state index in [2.05, 4.69) is 11.9 Å². The van der Waals surface area contributed by atoms with E-state index in [0.717, 1.165) is 4.90 Å². The zero-order valence-electron chi connectivity index (χ0n) is 17.7. The molecule has 0 atom stereocenters. The molecule has 3 rings (SSSR count). The summed E-state index contributed by atoms with van der Waals surface area (Å²) in [6, 6.07) is 12.5. The highest BCUT2D eigenvalue weighted by Gasteiger charge is 2.36. The van der Waals surface area contributed by atoms with Gasteiger partial charge in [0.2, 0.25) is 0 Å². The maximum absolute atomic E-state index is 12.4. The van der Waals surface area contributed by atoms with Crippen LogP contribution in [0.5, 0.6) is 11.5 Å². The largest absolute Gasteiger partial charge is 0.493 e. The number of nitriles is 1. The van der Waals surface area contributed by atoms with Gasteiger partial charge in [-0.25, -0.2) is 4.79 Å². The molecule has 3 amide bonds. The second kappa shape index (κ2) is 10.1. The summed E-state index contributed by atoms with van der Waals surface area (Å²) < 4.78 is 10.5. The molecule has 2 aromatic rings. The van der Waals surface area contributed by atoms with Crippen molar-refractivity contribution < 1.29 is 28.7 Å². The predicted octanol–water partition coefficient (Wildman–Crippen LogP) is 2.11. The fraction of sp³-hybridized carbons (Fsp3) is 0.125. The molecule has 0 fully saturated rings. The standard InChI is InChI=1S/C24H19N3O6/c1-3-10-26-22(29)16(13-25)11-15-8-9-19(20(12-15)32-2)33-21(28)14-27-23(30)17-6-4-5-7-18(17)24(27)31/h3-9,11-12H,1,10,14H2,2H3,(H,26,29)/b16-11+. The summed E-state index contributed by atoms with van der Waals surface area (Å²) in [7, 11) is 1.35. The van der Waals surface area contributed by atoms with Crippen molar-refractivity contribution in [2.24, 2.45) is 0 Å². The quantitative estimate of drug-likeness (QED) is 0.165. The van der Waals surface area contributed by atoms with Crippen molar-refractivity contribution >= 4 is 29.8 Å². The minimum atomic E-state index is -0.840. The summed E-state index contributed by atoms with van der Waals surface area (Å²) in [6.07, 6.45) is 2.84. The van der Waals surface area contributed by atoms with Crippen LogP contribution in [0.3, 0.4) is 0 Å². The van der Waals surface area contributed by atoms with Crippen LogP contribution >= 0.6 is 0 Å². The molecule has 0 spiro atoms. The van der Waals surface area contributed by atoms with Gasteiger partial charge in [0.1, 0.15) is 18.2 Å². The monoisotopic (exact) mass is 445 g/mol. The highest BCUT2D eigenvalue weighted by Crippen LogP contribution is 2.29. The van der Waals surface area contributed by atoms with E-state index < -0.39 is 30.2 Å². The Morgan fingerprint density at radius 3 is 2.36 bits per heavy atom. The number of benzene rings is 2. The van der Waals surface area contributed by atoms with Crippen LogP contribution in [0.2, 0.25) is 0 Å². The third kappa shape index (κ3) is 4.97. The van der Waals surface area contributed by atoms with E-state index in [1.54, 1.807) is 12.1 Å². The number of nitrogens with one attached hydrogen (secondary N) is 1. The summed E-state index contributed by atoms with van der Waals surface area (Å²) >= 11 is 0. The summed E-state index contributed by atoms with van der Waals surface area (Å²) in [5.41, 5.74) is 0.787. The van der Waals surface area contributed by atoms with Crippen LogP contribution in [0.25, 0.3) is 6.08 Å². The maximum atomic E-state index is 12.4. The van der Waals surface area contributed by atoms with Gasteiger partial charge in [-0.2, -0.15) is 5.26 Å². The van der Waals surface area contributed by atoms with E-state index in [1.807, 2.05) is 6.07 Å². The molecule has 0 aliphatic carbocycles. The molecule has 2 aromatic carbocycles. The van der Waals surface area contributed by atoms with Gasteiger partial charge in [0, 0.05) is 6.54 Å². The number of rotatable bonds is 8. The lowest BCUT2D eigenvalue weighted by atomic mass is 10.1. The Bertz CT molecular complexity index is 1190. The van der Waals surface area contributed by atoms with Crippen LogP contribution in [-0.2, 0) is 9.59 Å². The number of carbonyl (C=O) groups excluding carboxylic acids is 4. The van der Waals surface area contributed by atoms with E-state index in [-0.39, 0.29) is 34.7 Å². The number of carbonyl (C=O) groups is 4. The fourth-order valence-corrected chi connectivity index (χ4v) is 3.10. The maximum Gasteiger partial charge on any atom is 0.331 e. The second-order valence-electron chi connectivity index (χ2n) is 6.79. The number of fused-ring (bicyclic) bond motifs is 1. The number of esters is 1. The average molecular weight is 445 g/mol. The van der Waals surface area contributed by atoms with Crippen molar-refractivity contribution in [3.8, 4) is 17.6 Å². The Hall–Kier alpha value is -4.71. The van der Waals surface area contributed by atoms with Crippen LogP contribution in [0, 0.1) is 11.3 Å². The molecule has 166 valence electrons. The molecule has 1 aliphatic heterocycles. The first-order chi connectivity index (χ1) is 15.9. The van der Waals surface area contributed by atoms with Gasteiger partial charge in [-0.15, -0.1) is 6.58 Å². The second-order valence-corrected chi connectivity index (χ2v) is 6.79. The molecule has 1 heterocycles. The molecule has 0 saturated heterocycles. The topological polar surface area (TPSA) is 126 Å². The van der Waals surface area contributed by atoms with Gasteiger partial charge in [0.15, 0.2) is 11.5 Å². The Morgan fingerprint density at radius 2 is 1.79 bits per heavy atom. The zero-order valence-corrected chi connectivity index (χ0v) is 17.7. The van der Waals surface area contributed by atoms with Crippen LogP contribution in [0.15, 0.2) is 60.7 Å². The Labute approximate surface area is 189 Å². The molecule has 0 unspecified atom stereocenters. The van der Waals surface area contributed by atoms with Crippen LogP contribution in [0.4, 0.5) is 0 Å². The lowest BCUT2D eigenvalue weighted by molar-refractivity contribution is -0.134. The lowest BCUT2D eigenvalue weighted by Crippen LogP contribution is -2.36. The lowest BCUT2D eigenvalue weighted by Gasteiger charge is -2.14. The molecule has 0 saturated carbocycles. The molecule has 33 heavy (non-hydrogen) atoms. The van der Waals surface area contributed by atoms with E-state index in [0.29, 0.717) is 5.56 Å². The first-order valence-corrected chi connectivity index (χ1v) is 9.74. The summed E-state index contributed by atoms with van der Waals surface area (Å²) in [5, 5.41) is 11.7. The Morgan fingerprint density at radius 1 is 1.12 bits per heavy atom. The zero-order chi connectivity index (χ0) is 24.0. The molecule has 0 aromatic heterocycles. The number of methoxy groups -OCH3 is 1. The summed E-state index contributed by atoms with van der Waals surface area (Å²) in [4.78, 5) is 50.1. The van der Waals surface area contributed by atoms with Crippen molar-refractivity contribution in [1.29, 1.82) is 5.26 Å². The first kappa shape index (κ1) is 23.0. The third-order valence-electron chi connectivity index (χ3n) is 4.66. The van der Waals surface area contributed by atoms with Gasteiger partial charge < -0.3 is 14.8 Å². The van der Waals surface area contributed by atoms with Crippen molar-refractivity contribution in [1.82, 2.24) is 10.2 Å². The van der Waals surface area contributed by atoms with E-state index in [9.17, 15) is 24.4 Å². The van der Waals surface area contributed by atoms with E-state index >= 15 is 0 Å². The Kier molecular flexibility index (Phi) is 7.00. The van der Waals surface area contributed by atoms with Crippen molar-refractivity contribution in [2.75, 3.05) is 20.2 Å². The SMILES string of the molecule is C=CCNC(=O)/C(C#N)=C/c1ccc(OC(=O)CN2C(=O)c3ccccc3C2=O)c(OC)c1. The predicted molar refractivity (Wildman–Crippen MR) is 117 cm³/mol. The highest BCUT2D eigenvalue weighted by atomic mass is 16.6. The first-order valence-electron chi connectivity index (χ1n) is 9.74. The normalized spacial score (nSPS) is 12.6. The summed E-state index contributed by atoms with van der Waals surface area (Å²) in [6.45, 7) is 3.13. The molecule has 1 N–H and O–H groups in total. The van der Waals surface area contributed by atoms with E-state index in [1.165, 1.54) is 49.6 Å². The van der Waals surface area contributed by atoms with Gasteiger partial charge in [-0.05, 0) is 35.9 Å². The van der Waals surface area contributed by atoms with Crippen LogP contribution in [-0.4, -0.2) is 48.8 Å². The fourth-order valence-electron chi connectivity index (χ4n) is 3.10. The molecule has 1 aliphatic rings. The van der Waals surface area contributed by atoms with Gasteiger partial charge in [-0.3, -0.25) is 19.3 Å². The van der Waals surface area contributed by atoms with Gasteiger partial charge in [0.05, 0.1) is 18.2 Å². The van der Waals surface area contributed by atoms with Gasteiger partial charge in [-0.1, -0.05) is 24.3 Å². The summed E-state index contributed by atoms with van der Waals surface area (Å²) in [5.74, 6) is -2.34. The number of imide groups is 1. The van der Waals surface area contributed by atoms with Crippen molar-refractivity contribution in [3.63, 3.8) is 0 Å². The molecule has 0 radical (unpaired) electrons. The Balaban J connectivity index is 1.73.